The van der Waals surface area contributed by atoms with Crippen molar-refractivity contribution in [3.8, 4) is 5.75 Å². The number of Topliss-reactive ketones (excluding diaryl/α,β-unsaturated/α-hetero) is 1. The van der Waals surface area contributed by atoms with Gasteiger partial charge in [-0.25, -0.2) is 4.79 Å². The predicted octanol–water partition coefficient (Wildman–Crippen LogP) is 3.43. The molecule has 0 aliphatic rings. The number of halogens is 1. The number of ether oxygens (including phenoxy) is 1. The molecule has 0 spiro atoms. The van der Waals surface area contributed by atoms with E-state index in [0.29, 0.717) is 11.3 Å². The minimum absolute atomic E-state index is 0.132. The van der Waals surface area contributed by atoms with Crippen LogP contribution >= 0.6 is 11.6 Å². The largest absolute Gasteiger partial charge is 0.507 e. The minimum Gasteiger partial charge on any atom is -0.507 e. The van der Waals surface area contributed by atoms with Crippen LogP contribution in [0.4, 0.5) is 5.69 Å². The second-order valence-electron chi connectivity index (χ2n) is 5.34. The number of hydrogen-bond acceptors (Lipinski definition) is 5. The third-order valence-electron chi connectivity index (χ3n) is 3.37. The van der Waals surface area contributed by atoms with E-state index in [1.807, 2.05) is 0 Å². The molecule has 0 aliphatic heterocycles. The van der Waals surface area contributed by atoms with Gasteiger partial charge in [0.2, 0.25) is 0 Å². The highest BCUT2D eigenvalue weighted by molar-refractivity contribution is 6.31. The predicted molar refractivity (Wildman–Crippen MR) is 93.1 cm³/mol. The monoisotopic (exact) mass is 361 g/mol. The molecular formula is C18H16ClNO5. The van der Waals surface area contributed by atoms with Gasteiger partial charge in [-0.15, -0.1) is 0 Å². The van der Waals surface area contributed by atoms with Gasteiger partial charge < -0.3 is 15.2 Å². The van der Waals surface area contributed by atoms with Crippen molar-refractivity contribution in [2.75, 3.05) is 5.32 Å². The van der Waals surface area contributed by atoms with Gasteiger partial charge in [-0.3, -0.25) is 9.59 Å². The summed E-state index contributed by atoms with van der Waals surface area (Å²) < 4.78 is 5.05. The van der Waals surface area contributed by atoms with E-state index in [1.54, 1.807) is 18.2 Å². The maximum atomic E-state index is 12.2. The van der Waals surface area contributed by atoms with E-state index < -0.39 is 18.0 Å². The van der Waals surface area contributed by atoms with Crippen LogP contribution < -0.4 is 5.32 Å². The summed E-state index contributed by atoms with van der Waals surface area (Å²) in [4.78, 5) is 35.6. The maximum absolute atomic E-state index is 12.2. The molecule has 2 N–H and O–H groups in total. The van der Waals surface area contributed by atoms with Crippen LogP contribution in [0.25, 0.3) is 0 Å². The van der Waals surface area contributed by atoms with Crippen LogP contribution in [-0.4, -0.2) is 28.9 Å². The zero-order valence-corrected chi connectivity index (χ0v) is 14.3. The molecule has 1 atom stereocenters. The Labute approximate surface area is 149 Å². The second-order valence-corrected chi connectivity index (χ2v) is 5.77. The molecule has 0 aromatic heterocycles. The Balaban J connectivity index is 2.05. The minimum atomic E-state index is -1.12. The van der Waals surface area contributed by atoms with Crippen LogP contribution in [-0.2, 0) is 9.53 Å². The van der Waals surface area contributed by atoms with Crippen molar-refractivity contribution >= 4 is 34.9 Å². The van der Waals surface area contributed by atoms with E-state index in [-0.39, 0.29) is 22.1 Å². The number of phenols is 1. The van der Waals surface area contributed by atoms with Gasteiger partial charge in [0.1, 0.15) is 11.3 Å². The number of nitrogens with one attached hydrogen (secondary N) is 1. The smallest absolute Gasteiger partial charge is 0.342 e. The molecule has 7 heteroatoms. The third-order valence-corrected chi connectivity index (χ3v) is 3.60. The lowest BCUT2D eigenvalue weighted by Gasteiger charge is -2.14. The Morgan fingerprint density at radius 2 is 1.88 bits per heavy atom. The number of esters is 1. The van der Waals surface area contributed by atoms with Crippen molar-refractivity contribution in [2.45, 2.75) is 20.0 Å². The van der Waals surface area contributed by atoms with Crippen LogP contribution in [0, 0.1) is 0 Å². The highest BCUT2D eigenvalue weighted by atomic mass is 35.5. The van der Waals surface area contributed by atoms with Crippen LogP contribution in [0.15, 0.2) is 42.5 Å². The molecule has 0 aliphatic carbocycles. The molecule has 6 nitrogen and oxygen atoms in total. The van der Waals surface area contributed by atoms with Gasteiger partial charge in [-0.2, -0.15) is 0 Å². The van der Waals surface area contributed by atoms with Gasteiger partial charge in [0.05, 0.1) is 0 Å². The summed E-state index contributed by atoms with van der Waals surface area (Å²) in [5.41, 5.74) is 0.725. The Kier molecular flexibility index (Phi) is 5.77. The molecule has 0 saturated heterocycles. The SMILES string of the molecule is CC(=O)c1cccc(NC(=O)[C@H](C)OC(=O)c2cc(Cl)ccc2O)c1. The number of rotatable bonds is 5. The molecule has 2 aromatic rings. The quantitative estimate of drug-likeness (QED) is 0.628. The topological polar surface area (TPSA) is 92.7 Å². The van der Waals surface area contributed by atoms with Gasteiger partial charge in [0.25, 0.3) is 5.91 Å². The summed E-state index contributed by atoms with van der Waals surface area (Å²) in [6.07, 6.45) is -1.12. The lowest BCUT2D eigenvalue weighted by molar-refractivity contribution is -0.123. The average Bonchev–Trinajstić information content (AvgIpc) is 2.57. The highest BCUT2D eigenvalue weighted by Gasteiger charge is 2.21. The van der Waals surface area contributed by atoms with Gasteiger partial charge in [0, 0.05) is 16.3 Å². The van der Waals surface area contributed by atoms with Gasteiger partial charge >= 0.3 is 5.97 Å². The Morgan fingerprint density at radius 1 is 1.16 bits per heavy atom. The molecule has 2 aromatic carbocycles. The fourth-order valence-corrected chi connectivity index (χ4v) is 2.18. The van der Waals surface area contributed by atoms with Crippen molar-refractivity contribution in [3.05, 3.63) is 58.6 Å². The molecule has 0 fully saturated rings. The van der Waals surface area contributed by atoms with Crippen molar-refractivity contribution in [2.24, 2.45) is 0 Å². The van der Waals surface area contributed by atoms with Crippen molar-refractivity contribution < 1.29 is 24.2 Å². The van der Waals surface area contributed by atoms with Gasteiger partial charge in [-0.1, -0.05) is 23.7 Å². The number of hydrogen-bond donors (Lipinski definition) is 2. The van der Waals surface area contributed by atoms with Gasteiger partial charge in [0.15, 0.2) is 11.9 Å². The molecule has 0 radical (unpaired) electrons. The summed E-state index contributed by atoms with van der Waals surface area (Å²) in [6.45, 7) is 2.81. The summed E-state index contributed by atoms with van der Waals surface area (Å²) in [5, 5.41) is 12.5. The number of ketones is 1. The van der Waals surface area contributed by atoms with Crippen LogP contribution in [0.3, 0.4) is 0 Å². The molecule has 0 heterocycles. The summed E-state index contributed by atoms with van der Waals surface area (Å²) in [7, 11) is 0. The van der Waals surface area contributed by atoms with E-state index in [4.69, 9.17) is 16.3 Å². The van der Waals surface area contributed by atoms with E-state index >= 15 is 0 Å². The third kappa shape index (κ3) is 4.81. The number of anilines is 1. The number of benzene rings is 2. The van der Waals surface area contributed by atoms with E-state index in [0.717, 1.165) is 0 Å². The van der Waals surface area contributed by atoms with E-state index in [2.05, 4.69) is 5.32 Å². The van der Waals surface area contributed by atoms with Crippen molar-refractivity contribution in [1.29, 1.82) is 0 Å². The average molecular weight is 362 g/mol. The zero-order valence-electron chi connectivity index (χ0n) is 13.6. The number of phenolic OH excluding ortho intramolecular Hbond substituents is 1. The lowest BCUT2D eigenvalue weighted by Crippen LogP contribution is -2.30. The summed E-state index contributed by atoms with van der Waals surface area (Å²) in [5.74, 6) is -1.88. The summed E-state index contributed by atoms with van der Waals surface area (Å²) in [6, 6.07) is 10.3. The van der Waals surface area contributed by atoms with Crippen molar-refractivity contribution in [3.63, 3.8) is 0 Å². The number of carbonyl (C=O) groups excluding carboxylic acids is 3. The molecule has 2 rings (SSSR count). The molecule has 130 valence electrons. The molecular weight excluding hydrogens is 346 g/mol. The van der Waals surface area contributed by atoms with Crippen LogP contribution in [0.5, 0.6) is 5.75 Å². The van der Waals surface area contributed by atoms with Crippen molar-refractivity contribution in [1.82, 2.24) is 0 Å². The normalized spacial score (nSPS) is 11.5. The van der Waals surface area contributed by atoms with E-state index in [1.165, 1.54) is 38.1 Å². The fraction of sp³-hybridized carbons (Fsp3) is 0.167. The number of amides is 1. The first-order chi connectivity index (χ1) is 11.8. The first-order valence-electron chi connectivity index (χ1n) is 7.39. The molecule has 0 bridgehead atoms. The Morgan fingerprint density at radius 3 is 2.56 bits per heavy atom. The zero-order chi connectivity index (χ0) is 18.6. The number of carbonyl (C=O) groups is 3. The Hall–Kier alpha value is -2.86. The maximum Gasteiger partial charge on any atom is 0.342 e. The molecule has 0 unspecified atom stereocenters. The second kappa shape index (κ2) is 7.81. The number of aromatic hydroxyl groups is 1. The van der Waals surface area contributed by atoms with Gasteiger partial charge in [-0.05, 0) is 44.2 Å². The lowest BCUT2D eigenvalue weighted by atomic mass is 10.1. The first kappa shape index (κ1) is 18.5. The first-order valence-corrected chi connectivity index (χ1v) is 7.77. The highest BCUT2D eigenvalue weighted by Crippen LogP contribution is 2.22. The molecule has 25 heavy (non-hydrogen) atoms. The van der Waals surface area contributed by atoms with Crippen LogP contribution in [0.2, 0.25) is 5.02 Å². The molecule has 1 amide bonds. The fourth-order valence-electron chi connectivity index (χ4n) is 2.01. The van der Waals surface area contributed by atoms with Crippen LogP contribution in [0.1, 0.15) is 34.6 Å². The van der Waals surface area contributed by atoms with E-state index in [9.17, 15) is 19.5 Å². The standard InChI is InChI=1S/C18H16ClNO5/c1-10(21)12-4-3-5-14(8-12)20-17(23)11(2)25-18(24)15-9-13(19)6-7-16(15)22/h3-9,11,22H,1-2H3,(H,20,23)/t11-/m0/s1. The molecule has 0 saturated carbocycles. The summed E-state index contributed by atoms with van der Waals surface area (Å²) >= 11 is 5.78. The Bertz CT molecular complexity index is 834.